The molecule has 1 heterocycles. The molecule has 35 heavy (non-hydrogen) atoms. The van der Waals surface area contributed by atoms with Crippen molar-refractivity contribution in [2.75, 3.05) is 11.9 Å². The first kappa shape index (κ1) is 23.9. The smallest absolute Gasteiger partial charge is 0.494 e. The quantitative estimate of drug-likeness (QED) is 0.325. The van der Waals surface area contributed by atoms with Gasteiger partial charge in [0, 0.05) is 11.1 Å². The van der Waals surface area contributed by atoms with E-state index in [1.807, 2.05) is 38.1 Å². The Balaban J connectivity index is 1.61. The van der Waals surface area contributed by atoms with Gasteiger partial charge in [0.15, 0.2) is 11.3 Å². The Hall–Kier alpha value is -4.27. The van der Waals surface area contributed by atoms with Gasteiger partial charge in [-0.1, -0.05) is 30.3 Å². The highest BCUT2D eigenvalue weighted by Crippen LogP contribution is 2.31. The summed E-state index contributed by atoms with van der Waals surface area (Å²) in [7, 11) is 0. The van der Waals surface area contributed by atoms with Crippen LogP contribution in [0, 0.1) is 6.92 Å². The van der Waals surface area contributed by atoms with Gasteiger partial charge in [0.25, 0.3) is 5.91 Å². The number of rotatable bonds is 6. The molecule has 4 aromatic rings. The van der Waals surface area contributed by atoms with Gasteiger partial charge in [0.2, 0.25) is 0 Å². The third-order valence-corrected chi connectivity index (χ3v) is 5.12. The van der Waals surface area contributed by atoms with Crippen molar-refractivity contribution in [1.29, 1.82) is 0 Å². The summed E-state index contributed by atoms with van der Waals surface area (Å²) >= 11 is 0. The Labute approximate surface area is 197 Å². The number of fused-ring (bicyclic) bond motifs is 1. The summed E-state index contributed by atoms with van der Waals surface area (Å²) in [5.74, 6) is -0.646. The Morgan fingerprint density at radius 1 is 0.971 bits per heavy atom. The number of para-hydroxylation sites is 1. The molecule has 0 saturated carbocycles. The van der Waals surface area contributed by atoms with E-state index in [0.29, 0.717) is 12.3 Å². The van der Waals surface area contributed by atoms with E-state index < -0.39 is 29.2 Å². The molecule has 180 valence electrons. The lowest BCUT2D eigenvalue weighted by atomic mass is 10.0. The van der Waals surface area contributed by atoms with Crippen LogP contribution in [0.15, 0.2) is 75.9 Å². The van der Waals surface area contributed by atoms with E-state index in [-0.39, 0.29) is 10.9 Å². The topological polar surface area (TPSA) is 77.8 Å². The number of alkyl halides is 3. The van der Waals surface area contributed by atoms with Crippen molar-refractivity contribution in [2.24, 2.45) is 0 Å². The van der Waals surface area contributed by atoms with E-state index in [1.54, 1.807) is 18.2 Å². The Bertz CT molecular complexity index is 1460. The van der Waals surface area contributed by atoms with Gasteiger partial charge < -0.3 is 19.2 Å². The third kappa shape index (κ3) is 5.46. The molecule has 0 aliphatic carbocycles. The Morgan fingerprint density at radius 2 is 1.71 bits per heavy atom. The molecule has 0 saturated heterocycles. The van der Waals surface area contributed by atoms with Gasteiger partial charge in [0.05, 0.1) is 6.61 Å². The van der Waals surface area contributed by atoms with Crippen LogP contribution in [-0.4, -0.2) is 18.9 Å². The minimum atomic E-state index is -4.96. The van der Waals surface area contributed by atoms with Gasteiger partial charge >= 0.3 is 12.0 Å². The number of amides is 1. The van der Waals surface area contributed by atoms with E-state index >= 15 is 0 Å². The number of halogens is 3. The normalized spacial score (nSPS) is 11.3. The van der Waals surface area contributed by atoms with E-state index in [9.17, 15) is 22.8 Å². The number of hydrogen-bond acceptors (Lipinski definition) is 5. The molecular formula is C26H20F3NO5. The van der Waals surface area contributed by atoms with Crippen LogP contribution in [-0.2, 0) is 0 Å². The number of aryl methyl sites for hydroxylation is 1. The van der Waals surface area contributed by atoms with Gasteiger partial charge in [-0.2, -0.15) is 0 Å². The third-order valence-electron chi connectivity index (χ3n) is 5.12. The first-order chi connectivity index (χ1) is 16.6. The molecule has 9 heteroatoms. The SMILES string of the molecule is CCOc1ccc(-c2cccc(NC(=O)c3cc4cccc(OC(F)(F)F)c4oc3=O)c2)cc1C. The van der Waals surface area contributed by atoms with Gasteiger partial charge in [-0.25, -0.2) is 4.79 Å². The van der Waals surface area contributed by atoms with Crippen LogP contribution < -0.4 is 20.4 Å². The van der Waals surface area contributed by atoms with Crippen molar-refractivity contribution in [3.8, 4) is 22.6 Å². The molecule has 0 aliphatic heterocycles. The highest BCUT2D eigenvalue weighted by Gasteiger charge is 2.32. The summed E-state index contributed by atoms with van der Waals surface area (Å²) < 4.78 is 52.4. The number of ether oxygens (including phenoxy) is 2. The molecule has 4 rings (SSSR count). The van der Waals surface area contributed by atoms with Crippen molar-refractivity contribution in [1.82, 2.24) is 0 Å². The Kier molecular flexibility index (Phi) is 6.50. The first-order valence-electron chi connectivity index (χ1n) is 10.6. The highest BCUT2D eigenvalue weighted by molar-refractivity contribution is 6.05. The van der Waals surface area contributed by atoms with E-state index in [4.69, 9.17) is 9.15 Å². The molecule has 0 unspecified atom stereocenters. The van der Waals surface area contributed by atoms with Crippen LogP contribution in [0.4, 0.5) is 18.9 Å². The second kappa shape index (κ2) is 9.54. The lowest BCUT2D eigenvalue weighted by Gasteiger charge is -2.12. The minimum Gasteiger partial charge on any atom is -0.494 e. The molecule has 3 aromatic carbocycles. The van der Waals surface area contributed by atoms with Gasteiger partial charge in [-0.3, -0.25) is 4.79 Å². The standard InChI is InChI=1S/C26H20F3NO5/c1-3-33-21-11-10-17(12-15(21)2)16-6-4-8-19(13-16)30-24(31)20-14-18-7-5-9-22(35-26(27,28)29)23(18)34-25(20)32/h4-14H,3H2,1-2H3,(H,30,31). The Morgan fingerprint density at radius 3 is 2.43 bits per heavy atom. The maximum Gasteiger partial charge on any atom is 0.573 e. The zero-order valence-electron chi connectivity index (χ0n) is 18.7. The second-order valence-corrected chi connectivity index (χ2v) is 7.62. The summed E-state index contributed by atoms with van der Waals surface area (Å²) in [6, 6.07) is 17.6. The number of carbonyl (C=O) groups is 1. The zero-order valence-corrected chi connectivity index (χ0v) is 18.7. The van der Waals surface area contributed by atoms with Crippen LogP contribution in [0.1, 0.15) is 22.8 Å². The van der Waals surface area contributed by atoms with Crippen molar-refractivity contribution in [3.63, 3.8) is 0 Å². The number of hydrogen-bond donors (Lipinski definition) is 1. The van der Waals surface area contributed by atoms with Crippen LogP contribution >= 0.6 is 0 Å². The van der Waals surface area contributed by atoms with Gasteiger partial charge in [-0.05, 0) is 66.9 Å². The average Bonchev–Trinajstić information content (AvgIpc) is 2.80. The zero-order chi connectivity index (χ0) is 25.2. The minimum absolute atomic E-state index is 0.107. The predicted molar refractivity (Wildman–Crippen MR) is 125 cm³/mol. The van der Waals surface area contributed by atoms with Crippen molar-refractivity contribution in [2.45, 2.75) is 20.2 Å². The fourth-order valence-electron chi connectivity index (χ4n) is 3.60. The molecule has 0 radical (unpaired) electrons. The molecule has 0 spiro atoms. The molecular weight excluding hydrogens is 463 g/mol. The monoisotopic (exact) mass is 483 g/mol. The fourth-order valence-corrected chi connectivity index (χ4v) is 3.60. The molecule has 0 aliphatic rings. The van der Waals surface area contributed by atoms with Crippen molar-refractivity contribution in [3.05, 3.63) is 88.3 Å². The summed E-state index contributed by atoms with van der Waals surface area (Å²) in [4.78, 5) is 25.2. The number of carbonyl (C=O) groups excluding carboxylic acids is 1. The van der Waals surface area contributed by atoms with Crippen LogP contribution in [0.5, 0.6) is 11.5 Å². The van der Waals surface area contributed by atoms with Crippen molar-refractivity contribution < 1.29 is 31.9 Å². The lowest BCUT2D eigenvalue weighted by molar-refractivity contribution is -0.274. The number of benzene rings is 3. The summed E-state index contributed by atoms with van der Waals surface area (Å²) in [6.07, 6.45) is -4.96. The molecule has 0 bridgehead atoms. The number of nitrogens with one attached hydrogen (secondary N) is 1. The van der Waals surface area contributed by atoms with Gasteiger partial charge in [0.1, 0.15) is 11.3 Å². The molecule has 6 nitrogen and oxygen atoms in total. The van der Waals surface area contributed by atoms with E-state index in [0.717, 1.165) is 28.5 Å². The molecule has 1 amide bonds. The second-order valence-electron chi connectivity index (χ2n) is 7.62. The molecule has 0 fully saturated rings. The summed E-state index contributed by atoms with van der Waals surface area (Å²) in [5, 5.41) is 2.74. The molecule has 0 atom stereocenters. The fraction of sp³-hybridized carbons (Fsp3) is 0.154. The molecule has 1 N–H and O–H groups in total. The van der Waals surface area contributed by atoms with E-state index in [2.05, 4.69) is 10.1 Å². The highest BCUT2D eigenvalue weighted by atomic mass is 19.4. The number of anilines is 1. The van der Waals surface area contributed by atoms with E-state index in [1.165, 1.54) is 18.2 Å². The average molecular weight is 483 g/mol. The maximum absolute atomic E-state index is 12.8. The lowest BCUT2D eigenvalue weighted by Crippen LogP contribution is -2.21. The predicted octanol–water partition coefficient (Wildman–Crippen LogP) is 6.32. The van der Waals surface area contributed by atoms with Crippen LogP contribution in [0.25, 0.3) is 22.1 Å². The largest absolute Gasteiger partial charge is 0.573 e. The van der Waals surface area contributed by atoms with Crippen molar-refractivity contribution >= 4 is 22.6 Å². The first-order valence-corrected chi connectivity index (χ1v) is 10.6. The molecule has 1 aromatic heterocycles. The summed E-state index contributed by atoms with van der Waals surface area (Å²) in [6.45, 7) is 4.40. The maximum atomic E-state index is 12.8. The van der Waals surface area contributed by atoms with Gasteiger partial charge in [-0.15, -0.1) is 13.2 Å². The van der Waals surface area contributed by atoms with Crippen LogP contribution in [0.2, 0.25) is 0 Å². The summed E-state index contributed by atoms with van der Waals surface area (Å²) in [5.41, 5.74) is 1.27. The van der Waals surface area contributed by atoms with Crippen LogP contribution in [0.3, 0.4) is 0 Å².